The second kappa shape index (κ2) is 6.07. The van der Waals surface area contributed by atoms with E-state index < -0.39 is 5.60 Å². The Morgan fingerprint density at radius 3 is 2.29 bits per heavy atom. The van der Waals surface area contributed by atoms with Crippen molar-refractivity contribution in [3.05, 3.63) is 49.4 Å². The quantitative estimate of drug-likeness (QED) is 0.811. The predicted molar refractivity (Wildman–Crippen MR) is 87.5 cm³/mol. The molecule has 0 spiro atoms. The van der Waals surface area contributed by atoms with E-state index in [2.05, 4.69) is 15.9 Å². The Hall–Kier alpha value is -0.910. The number of aliphatic hydroxyl groups is 1. The van der Waals surface area contributed by atoms with Crippen LogP contribution in [0.5, 0.6) is 5.75 Å². The Morgan fingerprint density at radius 2 is 1.81 bits per heavy atom. The molecular weight excluding hydrogens is 355 g/mol. The maximum Gasteiger partial charge on any atom is 0.145 e. The van der Waals surface area contributed by atoms with Crippen molar-refractivity contribution < 1.29 is 14.2 Å². The van der Waals surface area contributed by atoms with Gasteiger partial charge < -0.3 is 9.84 Å². The van der Waals surface area contributed by atoms with Gasteiger partial charge in [-0.25, -0.2) is 4.39 Å². The zero-order valence-electron chi connectivity index (χ0n) is 12.5. The first-order valence-electron chi connectivity index (χ1n) is 6.59. The maximum absolute atomic E-state index is 13.3. The van der Waals surface area contributed by atoms with Crippen LogP contribution in [0.25, 0.3) is 0 Å². The van der Waals surface area contributed by atoms with Crippen molar-refractivity contribution in [1.29, 1.82) is 0 Å². The fourth-order valence-electron chi connectivity index (χ4n) is 2.07. The van der Waals surface area contributed by atoms with E-state index in [1.807, 2.05) is 19.9 Å². The predicted octanol–water partition coefficient (Wildman–Crippen LogP) is 5.07. The average molecular weight is 373 g/mol. The standard InChI is InChI=1S/C16H18BrFO2S/c1-9-5-11(18)6-10(2)12(9)8-20-13-7-14(16(3,4)19)21-15(13)17/h5-7,19H,8H2,1-4H3. The molecule has 0 saturated carbocycles. The molecule has 1 N–H and O–H groups in total. The molecule has 2 aromatic rings. The van der Waals surface area contributed by atoms with Crippen LogP contribution >= 0.6 is 27.3 Å². The van der Waals surface area contributed by atoms with Crippen LogP contribution in [-0.2, 0) is 12.2 Å². The normalized spacial score (nSPS) is 11.8. The van der Waals surface area contributed by atoms with E-state index in [0.29, 0.717) is 12.4 Å². The number of ether oxygens (including phenoxy) is 1. The van der Waals surface area contributed by atoms with Gasteiger partial charge in [-0.05, 0) is 78.5 Å². The van der Waals surface area contributed by atoms with Crippen molar-refractivity contribution in [2.75, 3.05) is 0 Å². The number of halogens is 2. The minimum atomic E-state index is -0.892. The smallest absolute Gasteiger partial charge is 0.145 e. The molecule has 0 atom stereocenters. The third kappa shape index (κ3) is 3.84. The first-order valence-corrected chi connectivity index (χ1v) is 8.20. The summed E-state index contributed by atoms with van der Waals surface area (Å²) >= 11 is 4.90. The molecule has 0 amide bonds. The zero-order valence-corrected chi connectivity index (χ0v) is 14.9. The topological polar surface area (TPSA) is 29.5 Å². The number of hydrogen-bond acceptors (Lipinski definition) is 3. The summed E-state index contributed by atoms with van der Waals surface area (Å²) in [5, 5.41) is 10.0. The molecule has 0 saturated heterocycles. The summed E-state index contributed by atoms with van der Waals surface area (Å²) in [5.74, 6) is 0.468. The van der Waals surface area contributed by atoms with Crippen LogP contribution in [0.3, 0.4) is 0 Å². The minimum absolute atomic E-state index is 0.227. The molecule has 0 fully saturated rings. The van der Waals surface area contributed by atoms with Gasteiger partial charge in [0.25, 0.3) is 0 Å². The summed E-state index contributed by atoms with van der Waals surface area (Å²) in [7, 11) is 0. The second-order valence-electron chi connectivity index (χ2n) is 5.61. The van der Waals surface area contributed by atoms with Crippen molar-refractivity contribution in [2.24, 2.45) is 0 Å². The van der Waals surface area contributed by atoms with Crippen LogP contribution in [0.1, 0.15) is 35.4 Å². The second-order valence-corrected chi connectivity index (χ2v) is 7.98. The lowest BCUT2D eigenvalue weighted by Gasteiger charge is -2.14. The lowest BCUT2D eigenvalue weighted by atomic mass is 10.0. The molecule has 1 heterocycles. The fourth-order valence-corrected chi connectivity index (χ4v) is 3.65. The van der Waals surface area contributed by atoms with Gasteiger partial charge >= 0.3 is 0 Å². The van der Waals surface area contributed by atoms with Crippen molar-refractivity contribution in [3.8, 4) is 5.75 Å². The Morgan fingerprint density at radius 1 is 1.24 bits per heavy atom. The molecule has 0 aliphatic heterocycles. The molecule has 0 aliphatic carbocycles. The highest BCUT2D eigenvalue weighted by atomic mass is 79.9. The summed E-state index contributed by atoms with van der Waals surface area (Å²) in [6.45, 7) is 7.60. The number of thiophene rings is 1. The summed E-state index contributed by atoms with van der Waals surface area (Å²) in [4.78, 5) is 0.830. The Labute approximate surface area is 136 Å². The van der Waals surface area contributed by atoms with E-state index in [-0.39, 0.29) is 5.82 Å². The molecule has 2 nitrogen and oxygen atoms in total. The molecule has 21 heavy (non-hydrogen) atoms. The fraction of sp³-hybridized carbons (Fsp3) is 0.375. The molecular formula is C16H18BrFO2S. The molecule has 0 aliphatic rings. The van der Waals surface area contributed by atoms with Crippen LogP contribution in [0.15, 0.2) is 22.0 Å². The van der Waals surface area contributed by atoms with Crippen LogP contribution in [0.2, 0.25) is 0 Å². The number of aryl methyl sites for hydroxylation is 2. The molecule has 114 valence electrons. The highest BCUT2D eigenvalue weighted by Crippen LogP contribution is 2.39. The zero-order chi connectivity index (χ0) is 15.8. The SMILES string of the molecule is Cc1cc(F)cc(C)c1COc1cc(C(C)(C)O)sc1Br. The average Bonchev–Trinajstić information content (AvgIpc) is 2.69. The van der Waals surface area contributed by atoms with E-state index in [1.165, 1.54) is 23.5 Å². The van der Waals surface area contributed by atoms with Gasteiger partial charge in [0.05, 0.1) is 5.60 Å². The Kier molecular flexibility index (Phi) is 4.76. The third-order valence-electron chi connectivity index (χ3n) is 3.29. The van der Waals surface area contributed by atoms with E-state index in [9.17, 15) is 9.50 Å². The van der Waals surface area contributed by atoms with Gasteiger partial charge in [0.15, 0.2) is 0 Å². The first kappa shape index (κ1) is 16.5. The van der Waals surface area contributed by atoms with Crippen molar-refractivity contribution in [3.63, 3.8) is 0 Å². The molecule has 0 radical (unpaired) electrons. The number of benzene rings is 1. The molecule has 1 aromatic carbocycles. The minimum Gasteiger partial charge on any atom is -0.487 e. The highest BCUT2D eigenvalue weighted by molar-refractivity contribution is 9.11. The van der Waals surface area contributed by atoms with Crippen LogP contribution in [0.4, 0.5) is 4.39 Å². The molecule has 0 bridgehead atoms. The largest absolute Gasteiger partial charge is 0.487 e. The Bertz CT molecular complexity index is 636. The van der Waals surface area contributed by atoms with E-state index in [0.717, 1.165) is 25.4 Å². The molecule has 1 aromatic heterocycles. The van der Waals surface area contributed by atoms with Crippen LogP contribution in [-0.4, -0.2) is 5.11 Å². The van der Waals surface area contributed by atoms with E-state index in [1.54, 1.807) is 13.8 Å². The summed E-state index contributed by atoms with van der Waals surface area (Å²) in [5.41, 5.74) is 1.85. The van der Waals surface area contributed by atoms with Gasteiger partial charge in [0.2, 0.25) is 0 Å². The van der Waals surface area contributed by atoms with Crippen molar-refractivity contribution in [1.82, 2.24) is 0 Å². The van der Waals surface area contributed by atoms with Gasteiger partial charge in [0, 0.05) is 4.88 Å². The van der Waals surface area contributed by atoms with Gasteiger partial charge in [0.1, 0.15) is 22.0 Å². The maximum atomic E-state index is 13.3. The monoisotopic (exact) mass is 372 g/mol. The van der Waals surface area contributed by atoms with Gasteiger partial charge in [-0.2, -0.15) is 0 Å². The number of rotatable bonds is 4. The lowest BCUT2D eigenvalue weighted by Crippen LogP contribution is -2.12. The summed E-state index contributed by atoms with van der Waals surface area (Å²) in [6, 6.07) is 4.86. The summed E-state index contributed by atoms with van der Waals surface area (Å²) < 4.78 is 20.0. The molecule has 5 heteroatoms. The summed E-state index contributed by atoms with van der Waals surface area (Å²) in [6.07, 6.45) is 0. The van der Waals surface area contributed by atoms with Gasteiger partial charge in [-0.15, -0.1) is 11.3 Å². The molecule has 0 unspecified atom stereocenters. The lowest BCUT2D eigenvalue weighted by molar-refractivity contribution is 0.0823. The van der Waals surface area contributed by atoms with E-state index in [4.69, 9.17) is 4.74 Å². The van der Waals surface area contributed by atoms with Crippen LogP contribution < -0.4 is 4.74 Å². The highest BCUT2D eigenvalue weighted by Gasteiger charge is 2.21. The Balaban J connectivity index is 2.20. The third-order valence-corrected chi connectivity index (χ3v) is 5.39. The first-order chi connectivity index (χ1) is 9.68. The number of hydrogen-bond donors (Lipinski definition) is 1. The van der Waals surface area contributed by atoms with Crippen LogP contribution in [0, 0.1) is 19.7 Å². The molecule has 2 rings (SSSR count). The van der Waals surface area contributed by atoms with Gasteiger partial charge in [-0.3, -0.25) is 0 Å². The van der Waals surface area contributed by atoms with Crippen molar-refractivity contribution in [2.45, 2.75) is 39.9 Å². The van der Waals surface area contributed by atoms with Crippen molar-refractivity contribution >= 4 is 27.3 Å². The van der Waals surface area contributed by atoms with E-state index >= 15 is 0 Å². The van der Waals surface area contributed by atoms with Gasteiger partial charge in [-0.1, -0.05) is 0 Å².